The largest absolute Gasteiger partial charge is 0.375 e. The predicted molar refractivity (Wildman–Crippen MR) is 68.9 cm³/mol. The normalized spacial score (nSPS) is 28.6. The monoisotopic (exact) mass is 236 g/mol. The fourth-order valence-electron chi connectivity index (χ4n) is 3.19. The molecule has 2 aliphatic rings. The number of hydrogen-bond donors (Lipinski definition) is 0. The van der Waals surface area contributed by atoms with Gasteiger partial charge in [0.1, 0.15) is 0 Å². The Labute approximate surface area is 104 Å². The zero-order chi connectivity index (χ0) is 12.1. The Morgan fingerprint density at radius 3 is 2.82 bits per heavy atom. The van der Waals surface area contributed by atoms with E-state index in [1.807, 2.05) is 6.08 Å². The fraction of sp³-hybridized carbons (Fsp3) is 0.800. The van der Waals surface area contributed by atoms with Gasteiger partial charge in [0, 0.05) is 12.5 Å². The van der Waals surface area contributed by atoms with Crippen LogP contribution in [0.5, 0.6) is 0 Å². The van der Waals surface area contributed by atoms with Gasteiger partial charge in [-0.05, 0) is 38.2 Å². The molecule has 0 radical (unpaired) electrons. The first-order valence-corrected chi connectivity index (χ1v) is 7.10. The highest BCUT2D eigenvalue weighted by molar-refractivity contribution is 5.91. The maximum atomic E-state index is 12.0. The number of rotatable bonds is 3. The summed E-state index contributed by atoms with van der Waals surface area (Å²) in [7, 11) is 0. The van der Waals surface area contributed by atoms with Crippen molar-refractivity contribution < 1.29 is 9.53 Å². The lowest BCUT2D eigenvalue weighted by Gasteiger charge is -2.43. The SMILES string of the molecule is CC/C=C/C(=O)C1CCOC2(CCCCC2)C1. The van der Waals surface area contributed by atoms with E-state index in [1.165, 1.54) is 19.3 Å². The molecule has 0 aromatic rings. The van der Waals surface area contributed by atoms with Crippen LogP contribution < -0.4 is 0 Å². The molecular weight excluding hydrogens is 212 g/mol. The lowest BCUT2D eigenvalue weighted by molar-refractivity contribution is -0.139. The second kappa shape index (κ2) is 5.81. The Balaban J connectivity index is 1.96. The standard InChI is InChI=1S/C15H24O2/c1-2-3-7-14(16)13-8-11-17-15(12-13)9-5-4-6-10-15/h3,7,13H,2,4-6,8-12H2,1H3/b7-3+. The van der Waals surface area contributed by atoms with Crippen LogP contribution in [0.2, 0.25) is 0 Å². The lowest BCUT2D eigenvalue weighted by atomic mass is 9.75. The third-order valence-electron chi connectivity index (χ3n) is 4.18. The van der Waals surface area contributed by atoms with E-state index in [-0.39, 0.29) is 11.5 Å². The molecule has 1 saturated heterocycles. The van der Waals surface area contributed by atoms with E-state index in [2.05, 4.69) is 6.92 Å². The van der Waals surface area contributed by atoms with Crippen LogP contribution in [0.1, 0.15) is 58.3 Å². The molecule has 0 bridgehead atoms. The van der Waals surface area contributed by atoms with Crippen molar-refractivity contribution in [1.29, 1.82) is 0 Å². The van der Waals surface area contributed by atoms with Gasteiger partial charge in [0.2, 0.25) is 0 Å². The third kappa shape index (κ3) is 3.19. The third-order valence-corrected chi connectivity index (χ3v) is 4.18. The van der Waals surface area contributed by atoms with Crippen LogP contribution in [0.3, 0.4) is 0 Å². The molecule has 0 N–H and O–H groups in total. The highest BCUT2D eigenvalue weighted by Gasteiger charge is 2.39. The van der Waals surface area contributed by atoms with Crippen LogP contribution in [0.4, 0.5) is 0 Å². The van der Waals surface area contributed by atoms with Gasteiger partial charge >= 0.3 is 0 Å². The summed E-state index contributed by atoms with van der Waals surface area (Å²) in [4.78, 5) is 12.0. The molecule has 1 heterocycles. The molecular formula is C15H24O2. The maximum Gasteiger partial charge on any atom is 0.158 e. The topological polar surface area (TPSA) is 26.3 Å². The Kier molecular flexibility index (Phi) is 4.38. The first-order valence-electron chi connectivity index (χ1n) is 7.10. The second-order valence-electron chi connectivity index (χ2n) is 5.49. The molecule has 1 atom stereocenters. The van der Waals surface area contributed by atoms with E-state index in [0.717, 1.165) is 38.7 Å². The minimum Gasteiger partial charge on any atom is -0.375 e. The maximum absolute atomic E-state index is 12.0. The van der Waals surface area contributed by atoms with Crippen LogP contribution in [-0.2, 0) is 9.53 Å². The van der Waals surface area contributed by atoms with E-state index in [0.29, 0.717) is 5.78 Å². The van der Waals surface area contributed by atoms with Crippen molar-refractivity contribution in [1.82, 2.24) is 0 Å². The molecule has 0 amide bonds. The van der Waals surface area contributed by atoms with Crippen molar-refractivity contribution in [3.05, 3.63) is 12.2 Å². The molecule has 1 spiro atoms. The summed E-state index contributed by atoms with van der Waals surface area (Å²) in [5, 5.41) is 0. The minimum absolute atomic E-state index is 0.0525. The fourth-order valence-corrected chi connectivity index (χ4v) is 3.19. The van der Waals surface area contributed by atoms with Gasteiger partial charge in [-0.3, -0.25) is 4.79 Å². The Bertz CT molecular complexity index is 282. The average Bonchev–Trinajstić information content (AvgIpc) is 2.37. The molecule has 2 fully saturated rings. The molecule has 1 unspecified atom stereocenters. The van der Waals surface area contributed by atoms with Gasteiger partial charge in [0.25, 0.3) is 0 Å². The predicted octanol–water partition coefficient (Wildman–Crippen LogP) is 3.65. The summed E-state index contributed by atoms with van der Waals surface area (Å²) in [5.41, 5.74) is 0.0525. The summed E-state index contributed by atoms with van der Waals surface area (Å²) in [5.74, 6) is 0.532. The van der Waals surface area contributed by atoms with E-state index < -0.39 is 0 Å². The van der Waals surface area contributed by atoms with Gasteiger partial charge in [-0.1, -0.05) is 32.3 Å². The van der Waals surface area contributed by atoms with Gasteiger partial charge < -0.3 is 4.74 Å². The number of hydrogen-bond acceptors (Lipinski definition) is 2. The van der Waals surface area contributed by atoms with Crippen LogP contribution in [0.15, 0.2) is 12.2 Å². The molecule has 2 rings (SSSR count). The molecule has 96 valence electrons. The molecule has 2 heteroatoms. The number of ether oxygens (including phenoxy) is 1. The van der Waals surface area contributed by atoms with Crippen molar-refractivity contribution in [3.8, 4) is 0 Å². The summed E-state index contributed by atoms with van der Waals surface area (Å²) < 4.78 is 6.01. The first-order chi connectivity index (χ1) is 8.26. The highest BCUT2D eigenvalue weighted by Crippen LogP contribution is 2.40. The molecule has 1 saturated carbocycles. The summed E-state index contributed by atoms with van der Waals surface area (Å²) >= 11 is 0. The van der Waals surface area contributed by atoms with Gasteiger partial charge in [0.15, 0.2) is 5.78 Å². The van der Waals surface area contributed by atoms with Crippen LogP contribution in [-0.4, -0.2) is 18.0 Å². The molecule has 0 aromatic carbocycles. The Morgan fingerprint density at radius 1 is 1.35 bits per heavy atom. The molecule has 0 aromatic heterocycles. The minimum atomic E-state index is 0.0525. The van der Waals surface area contributed by atoms with Crippen molar-refractivity contribution in [3.63, 3.8) is 0 Å². The smallest absolute Gasteiger partial charge is 0.158 e. The van der Waals surface area contributed by atoms with Gasteiger partial charge in [-0.2, -0.15) is 0 Å². The average molecular weight is 236 g/mol. The van der Waals surface area contributed by atoms with Gasteiger partial charge in [-0.15, -0.1) is 0 Å². The number of carbonyl (C=O) groups is 1. The summed E-state index contributed by atoms with van der Waals surface area (Å²) in [6, 6.07) is 0. The quantitative estimate of drug-likeness (QED) is 0.699. The van der Waals surface area contributed by atoms with Crippen LogP contribution in [0.25, 0.3) is 0 Å². The molecule has 1 aliphatic carbocycles. The summed E-state index contributed by atoms with van der Waals surface area (Å²) in [6.45, 7) is 2.84. The van der Waals surface area contributed by atoms with E-state index >= 15 is 0 Å². The Hall–Kier alpha value is -0.630. The van der Waals surface area contributed by atoms with Crippen molar-refractivity contribution in [2.24, 2.45) is 5.92 Å². The van der Waals surface area contributed by atoms with Gasteiger partial charge in [-0.25, -0.2) is 0 Å². The molecule has 1 aliphatic heterocycles. The highest BCUT2D eigenvalue weighted by atomic mass is 16.5. The Morgan fingerprint density at radius 2 is 2.12 bits per heavy atom. The van der Waals surface area contributed by atoms with Crippen LogP contribution >= 0.6 is 0 Å². The van der Waals surface area contributed by atoms with E-state index in [4.69, 9.17) is 4.74 Å². The van der Waals surface area contributed by atoms with Crippen LogP contribution in [0, 0.1) is 5.92 Å². The number of allylic oxidation sites excluding steroid dienone is 2. The first kappa shape index (κ1) is 12.8. The molecule has 2 nitrogen and oxygen atoms in total. The van der Waals surface area contributed by atoms with E-state index in [1.54, 1.807) is 6.08 Å². The second-order valence-corrected chi connectivity index (χ2v) is 5.49. The number of carbonyl (C=O) groups excluding carboxylic acids is 1. The van der Waals surface area contributed by atoms with Gasteiger partial charge in [0.05, 0.1) is 5.60 Å². The molecule has 17 heavy (non-hydrogen) atoms. The zero-order valence-electron chi connectivity index (χ0n) is 10.9. The number of ketones is 1. The lowest BCUT2D eigenvalue weighted by Crippen LogP contribution is -2.43. The summed E-state index contributed by atoms with van der Waals surface area (Å²) in [6.07, 6.45) is 12.8. The zero-order valence-corrected chi connectivity index (χ0v) is 10.9. The van der Waals surface area contributed by atoms with Crippen molar-refractivity contribution in [2.45, 2.75) is 63.9 Å². The van der Waals surface area contributed by atoms with Crippen molar-refractivity contribution in [2.75, 3.05) is 6.61 Å². The van der Waals surface area contributed by atoms with E-state index in [9.17, 15) is 4.79 Å². The van der Waals surface area contributed by atoms with Crippen molar-refractivity contribution >= 4 is 5.78 Å².